The van der Waals surface area contributed by atoms with E-state index in [4.69, 9.17) is 11.2 Å². The predicted octanol–water partition coefficient (Wildman–Crippen LogP) is 5.41. The Bertz CT molecular complexity index is 755. The van der Waals surface area contributed by atoms with Gasteiger partial charge in [0.05, 0.1) is 0 Å². The van der Waals surface area contributed by atoms with Crippen molar-refractivity contribution in [1.82, 2.24) is 0 Å². The fourth-order valence-corrected chi connectivity index (χ4v) is 9.01. The van der Waals surface area contributed by atoms with Gasteiger partial charge in [-0.2, -0.15) is 0 Å². The number of hydrogen-bond donors (Lipinski definition) is 0. The van der Waals surface area contributed by atoms with Crippen molar-refractivity contribution < 1.29 is 0 Å². The molecule has 2 heteroatoms. The molecule has 0 aliphatic carbocycles. The molecule has 3 aromatic rings. The maximum atomic E-state index is 7.85. The van der Waals surface area contributed by atoms with Gasteiger partial charge < -0.3 is 0 Å². The van der Waals surface area contributed by atoms with E-state index in [2.05, 4.69) is 85.5 Å². The first-order valence-corrected chi connectivity index (χ1v) is 11.7. The number of benzene rings is 3. The third-order valence-electron chi connectivity index (χ3n) is 4.60. The minimum atomic E-state index is -3.13. The second-order valence-electron chi connectivity index (χ2n) is 6.04. The van der Waals surface area contributed by atoms with Gasteiger partial charge in [-0.15, -0.1) is 0 Å². The number of hydrogen-bond acceptors (Lipinski definition) is 0. The fourth-order valence-electron chi connectivity index (χ4n) is 3.33. The van der Waals surface area contributed by atoms with Gasteiger partial charge in [0.2, 0.25) is 0 Å². The van der Waals surface area contributed by atoms with E-state index in [0.29, 0.717) is 0 Å². The molecule has 0 radical (unpaired) electrons. The molecule has 3 rings (SSSR count). The molecule has 0 unspecified atom stereocenters. The molecule has 0 amide bonds. The molecule has 0 spiro atoms. The van der Waals surface area contributed by atoms with Crippen LogP contribution in [0, 0.1) is 0 Å². The fraction of sp³-hybridized carbons (Fsp3) is 0.0435. The molecule has 0 atom stereocenters. The second kappa shape index (κ2) is 7.40. The molecule has 3 aromatic carbocycles. The Kier molecular flexibility index (Phi) is 5.23. The summed E-state index contributed by atoms with van der Waals surface area (Å²) in [5.41, 5.74) is 0. The molecule has 0 fully saturated rings. The molecule has 0 nitrogen and oxygen atoms in total. The summed E-state index contributed by atoms with van der Waals surface area (Å²) >= 11 is 7.85. The summed E-state index contributed by atoms with van der Waals surface area (Å²) in [4.78, 5) is 0. The van der Waals surface area contributed by atoms with Crippen LogP contribution in [0.25, 0.3) is 0 Å². The van der Waals surface area contributed by atoms with Gasteiger partial charge in [0, 0.05) is 0 Å². The summed E-state index contributed by atoms with van der Waals surface area (Å²) in [6, 6.07) is 31.5. The van der Waals surface area contributed by atoms with Crippen molar-refractivity contribution in [2.45, 2.75) is 0 Å². The summed E-state index contributed by atoms with van der Waals surface area (Å²) in [5.74, 6) is -3.13. The Morgan fingerprint density at radius 3 is 1.36 bits per heavy atom. The molecule has 0 saturated carbocycles. The Morgan fingerprint density at radius 1 is 0.680 bits per heavy atom. The summed E-state index contributed by atoms with van der Waals surface area (Å²) < 4.78 is 0. The van der Waals surface area contributed by atoms with Crippen LogP contribution in [0.4, 0.5) is 0 Å². The van der Waals surface area contributed by atoms with E-state index in [0.717, 1.165) is 6.16 Å². The first kappa shape index (κ1) is 17.7. The zero-order valence-corrected chi connectivity index (χ0v) is 15.8. The second-order valence-corrected chi connectivity index (χ2v) is 12.6. The van der Waals surface area contributed by atoms with Crippen molar-refractivity contribution >= 4 is 33.1 Å². The minimum absolute atomic E-state index is 0.747. The van der Waals surface area contributed by atoms with Crippen LogP contribution in [-0.2, 0) is 0 Å². The molecule has 25 heavy (non-hydrogen) atoms. The van der Waals surface area contributed by atoms with E-state index in [-0.39, 0.29) is 0 Å². The SMILES string of the molecule is C=C/C=C/CP(Cl)(c1ccccc1)(c1ccccc1)c1ccccc1. The van der Waals surface area contributed by atoms with Crippen molar-refractivity contribution in [2.24, 2.45) is 0 Å². The number of rotatable bonds is 6. The molecule has 0 bridgehead atoms. The van der Waals surface area contributed by atoms with E-state index in [9.17, 15) is 0 Å². The normalized spacial score (nSPS) is 13.2. The first-order valence-electron chi connectivity index (χ1n) is 8.37. The van der Waals surface area contributed by atoms with E-state index in [1.807, 2.05) is 24.3 Å². The quantitative estimate of drug-likeness (QED) is 0.405. The summed E-state index contributed by atoms with van der Waals surface area (Å²) in [6.07, 6.45) is 6.68. The molecular weight excluding hydrogens is 343 g/mol. The van der Waals surface area contributed by atoms with Gasteiger partial charge in [-0.25, -0.2) is 0 Å². The van der Waals surface area contributed by atoms with Crippen molar-refractivity contribution in [1.29, 1.82) is 0 Å². The monoisotopic (exact) mass is 364 g/mol. The zero-order valence-electron chi connectivity index (χ0n) is 14.1. The molecule has 0 saturated heterocycles. The molecule has 0 aliphatic rings. The molecule has 0 aliphatic heterocycles. The van der Waals surface area contributed by atoms with E-state index < -0.39 is 5.96 Å². The van der Waals surface area contributed by atoms with Crippen molar-refractivity contribution in [3.63, 3.8) is 0 Å². The van der Waals surface area contributed by atoms with Gasteiger partial charge in [0.1, 0.15) is 0 Å². The summed E-state index contributed by atoms with van der Waals surface area (Å²) in [7, 11) is 0. The van der Waals surface area contributed by atoms with Crippen LogP contribution in [0.1, 0.15) is 0 Å². The Labute approximate surface area is 155 Å². The summed E-state index contributed by atoms with van der Waals surface area (Å²) in [5, 5.41) is 3.55. The van der Waals surface area contributed by atoms with E-state index in [1.165, 1.54) is 15.9 Å². The third-order valence-corrected chi connectivity index (χ3v) is 11.8. The van der Waals surface area contributed by atoms with E-state index in [1.54, 1.807) is 6.08 Å². The van der Waals surface area contributed by atoms with Crippen LogP contribution in [0.3, 0.4) is 0 Å². The van der Waals surface area contributed by atoms with Gasteiger partial charge in [-0.3, -0.25) is 0 Å². The van der Waals surface area contributed by atoms with Gasteiger partial charge in [-0.05, 0) is 0 Å². The average molecular weight is 365 g/mol. The zero-order chi connectivity index (χ0) is 17.6. The van der Waals surface area contributed by atoms with Gasteiger partial charge in [0.15, 0.2) is 0 Å². The Morgan fingerprint density at radius 2 is 1.04 bits per heavy atom. The third kappa shape index (κ3) is 3.09. The molecule has 126 valence electrons. The Balaban J connectivity index is 2.40. The van der Waals surface area contributed by atoms with Crippen molar-refractivity contribution in [2.75, 3.05) is 6.16 Å². The van der Waals surface area contributed by atoms with Gasteiger partial charge >= 0.3 is 155 Å². The van der Waals surface area contributed by atoms with Gasteiger partial charge in [-0.1, -0.05) is 0 Å². The first-order chi connectivity index (χ1) is 12.2. The van der Waals surface area contributed by atoms with Gasteiger partial charge in [0.25, 0.3) is 0 Å². The average Bonchev–Trinajstić information content (AvgIpc) is 2.70. The van der Waals surface area contributed by atoms with Crippen LogP contribution in [-0.4, -0.2) is 6.16 Å². The molecule has 0 heterocycles. The van der Waals surface area contributed by atoms with Crippen LogP contribution in [0.15, 0.2) is 116 Å². The van der Waals surface area contributed by atoms with E-state index >= 15 is 0 Å². The standard InChI is InChI=1S/C23H22ClP/c1-2-3-13-20-25(24,21-14-7-4-8-15-21,22-16-9-5-10-17-22)23-18-11-6-12-19-23/h2-19H,1,20H2/b13-3+. The molecule has 0 aromatic heterocycles. The maximum absolute atomic E-state index is 7.85. The van der Waals surface area contributed by atoms with Crippen LogP contribution >= 0.6 is 17.2 Å². The van der Waals surface area contributed by atoms with Crippen molar-refractivity contribution in [3.05, 3.63) is 116 Å². The number of allylic oxidation sites excluding steroid dienone is 3. The molecule has 0 N–H and O–H groups in total. The van der Waals surface area contributed by atoms with Crippen LogP contribution < -0.4 is 15.9 Å². The summed E-state index contributed by atoms with van der Waals surface area (Å²) in [6.45, 7) is 3.81. The van der Waals surface area contributed by atoms with Crippen LogP contribution in [0.2, 0.25) is 0 Å². The van der Waals surface area contributed by atoms with Crippen molar-refractivity contribution in [3.8, 4) is 0 Å². The Hall–Kier alpha value is -2.14. The number of halogens is 1. The molecular formula is C23H22ClP. The topological polar surface area (TPSA) is 0 Å². The van der Waals surface area contributed by atoms with Crippen LogP contribution in [0.5, 0.6) is 0 Å². The predicted molar refractivity (Wildman–Crippen MR) is 115 cm³/mol.